The Balaban J connectivity index is 2.24. The lowest BCUT2D eigenvalue weighted by atomic mass is 9.84. The van der Waals surface area contributed by atoms with E-state index in [0.717, 1.165) is 12.8 Å². The van der Waals surface area contributed by atoms with E-state index in [2.05, 4.69) is 0 Å². The summed E-state index contributed by atoms with van der Waals surface area (Å²) in [5.41, 5.74) is -0.704. The van der Waals surface area contributed by atoms with E-state index in [1.54, 1.807) is 6.92 Å². The topological polar surface area (TPSA) is 52.6 Å². The van der Waals surface area contributed by atoms with Gasteiger partial charge in [0.2, 0.25) is 0 Å². The molecule has 2 aliphatic heterocycles. The van der Waals surface area contributed by atoms with Crippen LogP contribution < -0.4 is 0 Å². The Morgan fingerprint density at radius 3 is 2.86 bits per heavy atom. The van der Waals surface area contributed by atoms with Gasteiger partial charge in [-0.1, -0.05) is 13.3 Å². The first-order valence-corrected chi connectivity index (χ1v) is 5.00. The van der Waals surface area contributed by atoms with E-state index in [1.807, 2.05) is 6.92 Å². The number of rotatable bonds is 2. The van der Waals surface area contributed by atoms with Crippen molar-refractivity contribution in [2.24, 2.45) is 5.92 Å². The Morgan fingerprint density at radius 1 is 1.50 bits per heavy atom. The molecular formula is C10H14O4. The van der Waals surface area contributed by atoms with Crippen LogP contribution in [0.3, 0.4) is 0 Å². The average molecular weight is 198 g/mol. The zero-order chi connectivity index (χ0) is 10.3. The van der Waals surface area contributed by atoms with Crippen molar-refractivity contribution in [2.75, 3.05) is 0 Å². The van der Waals surface area contributed by atoms with Crippen LogP contribution in [0.5, 0.6) is 0 Å². The zero-order valence-electron chi connectivity index (χ0n) is 8.41. The Bertz CT molecular complexity index is 286. The van der Waals surface area contributed by atoms with Crippen LogP contribution in [0.1, 0.15) is 33.1 Å². The molecule has 0 aromatic carbocycles. The highest BCUT2D eigenvalue weighted by molar-refractivity contribution is 5.82. The van der Waals surface area contributed by atoms with Crippen molar-refractivity contribution in [3.05, 3.63) is 0 Å². The van der Waals surface area contributed by atoms with E-state index >= 15 is 0 Å². The minimum absolute atomic E-state index is 0.211. The van der Waals surface area contributed by atoms with Crippen LogP contribution in [0.15, 0.2) is 0 Å². The highest BCUT2D eigenvalue weighted by atomic mass is 16.6. The van der Waals surface area contributed by atoms with Crippen molar-refractivity contribution in [2.45, 2.75) is 44.8 Å². The standard InChI is InChI=1S/C10H14O4/c1-3-4-6-9(12)13-7-5-8(11)14-10(6,7)2/h6-7H,3-5H2,1-2H3/t6?,7-,10?/m1/s1. The Kier molecular flexibility index (Phi) is 2.01. The molecule has 0 amide bonds. The number of carbonyl (C=O) groups is 2. The second-order valence-corrected chi connectivity index (χ2v) is 4.13. The predicted molar refractivity (Wildman–Crippen MR) is 47.4 cm³/mol. The fourth-order valence-electron chi connectivity index (χ4n) is 2.31. The third-order valence-electron chi connectivity index (χ3n) is 3.14. The van der Waals surface area contributed by atoms with Crippen LogP contribution in [0.4, 0.5) is 0 Å². The maximum atomic E-state index is 11.5. The summed E-state index contributed by atoms with van der Waals surface area (Å²) in [4.78, 5) is 22.6. The lowest BCUT2D eigenvalue weighted by molar-refractivity contribution is -0.152. The summed E-state index contributed by atoms with van der Waals surface area (Å²) in [5.74, 6) is -0.748. The van der Waals surface area contributed by atoms with Crippen molar-refractivity contribution in [1.29, 1.82) is 0 Å². The van der Waals surface area contributed by atoms with Gasteiger partial charge in [-0.25, -0.2) is 0 Å². The van der Waals surface area contributed by atoms with E-state index in [4.69, 9.17) is 9.47 Å². The van der Waals surface area contributed by atoms with Gasteiger partial charge in [0, 0.05) is 0 Å². The van der Waals surface area contributed by atoms with E-state index in [1.165, 1.54) is 0 Å². The van der Waals surface area contributed by atoms with Gasteiger partial charge in [-0.15, -0.1) is 0 Å². The molecule has 4 heteroatoms. The van der Waals surface area contributed by atoms with Crippen LogP contribution in [0.25, 0.3) is 0 Å². The lowest BCUT2D eigenvalue weighted by Crippen LogP contribution is -2.38. The maximum Gasteiger partial charge on any atom is 0.313 e. The molecule has 0 N–H and O–H groups in total. The van der Waals surface area contributed by atoms with E-state index in [0.29, 0.717) is 0 Å². The van der Waals surface area contributed by atoms with Gasteiger partial charge in [-0.3, -0.25) is 9.59 Å². The SMILES string of the molecule is CCCC1C(=O)O[C@@H]2CC(=O)OC12C. The van der Waals surface area contributed by atoms with Crippen molar-refractivity contribution in [1.82, 2.24) is 0 Å². The fourth-order valence-corrected chi connectivity index (χ4v) is 2.31. The minimum atomic E-state index is -0.704. The van der Waals surface area contributed by atoms with Crippen molar-refractivity contribution >= 4 is 11.9 Å². The summed E-state index contributed by atoms with van der Waals surface area (Å²) < 4.78 is 10.4. The molecule has 78 valence electrons. The number of esters is 2. The second-order valence-electron chi connectivity index (χ2n) is 4.13. The molecule has 2 rings (SSSR count). The van der Waals surface area contributed by atoms with Gasteiger partial charge < -0.3 is 9.47 Å². The number of ether oxygens (including phenoxy) is 2. The van der Waals surface area contributed by atoms with Gasteiger partial charge in [-0.05, 0) is 13.3 Å². The average Bonchev–Trinajstić information content (AvgIpc) is 2.47. The van der Waals surface area contributed by atoms with E-state index in [-0.39, 0.29) is 30.4 Å². The Hall–Kier alpha value is -1.06. The summed E-state index contributed by atoms with van der Waals surface area (Å²) in [6.45, 7) is 3.80. The first-order valence-electron chi connectivity index (χ1n) is 5.00. The first-order chi connectivity index (χ1) is 6.58. The molecule has 2 fully saturated rings. The van der Waals surface area contributed by atoms with Gasteiger partial charge in [0.05, 0.1) is 6.42 Å². The molecule has 0 bridgehead atoms. The smallest absolute Gasteiger partial charge is 0.313 e. The molecule has 0 aromatic rings. The molecule has 4 nitrogen and oxygen atoms in total. The molecule has 0 aliphatic carbocycles. The molecular weight excluding hydrogens is 184 g/mol. The summed E-state index contributed by atoms with van der Waals surface area (Å²) in [7, 11) is 0. The van der Waals surface area contributed by atoms with Crippen LogP contribution in [0, 0.1) is 5.92 Å². The van der Waals surface area contributed by atoms with Crippen molar-refractivity contribution < 1.29 is 19.1 Å². The molecule has 0 radical (unpaired) electrons. The molecule has 2 saturated heterocycles. The maximum absolute atomic E-state index is 11.5. The highest BCUT2D eigenvalue weighted by Crippen LogP contribution is 2.44. The molecule has 14 heavy (non-hydrogen) atoms. The largest absolute Gasteiger partial charge is 0.457 e. The van der Waals surface area contributed by atoms with Gasteiger partial charge in [-0.2, -0.15) is 0 Å². The molecule has 0 spiro atoms. The molecule has 0 aromatic heterocycles. The molecule has 2 heterocycles. The van der Waals surface area contributed by atoms with Gasteiger partial charge in [0.1, 0.15) is 5.92 Å². The van der Waals surface area contributed by atoms with E-state index in [9.17, 15) is 9.59 Å². The van der Waals surface area contributed by atoms with Crippen molar-refractivity contribution in [3.63, 3.8) is 0 Å². The van der Waals surface area contributed by atoms with Gasteiger partial charge >= 0.3 is 11.9 Å². The number of fused-ring (bicyclic) bond motifs is 1. The molecule has 2 aliphatic rings. The summed E-state index contributed by atoms with van der Waals surface area (Å²) in [6.07, 6.45) is 1.46. The number of hydrogen-bond donors (Lipinski definition) is 0. The molecule has 0 saturated carbocycles. The minimum Gasteiger partial charge on any atom is -0.457 e. The van der Waals surface area contributed by atoms with Crippen LogP contribution in [0.2, 0.25) is 0 Å². The van der Waals surface area contributed by atoms with Crippen molar-refractivity contribution in [3.8, 4) is 0 Å². The highest BCUT2D eigenvalue weighted by Gasteiger charge is 2.60. The van der Waals surface area contributed by atoms with Gasteiger partial charge in [0.25, 0.3) is 0 Å². The first kappa shape index (κ1) is 9.49. The fraction of sp³-hybridized carbons (Fsp3) is 0.800. The Labute approximate surface area is 82.6 Å². The second kappa shape index (κ2) is 2.97. The van der Waals surface area contributed by atoms with Gasteiger partial charge in [0.15, 0.2) is 11.7 Å². The van der Waals surface area contributed by atoms with Crippen LogP contribution in [-0.4, -0.2) is 23.6 Å². The summed E-state index contributed by atoms with van der Waals surface area (Å²) in [5, 5.41) is 0. The Morgan fingerprint density at radius 2 is 2.21 bits per heavy atom. The molecule has 2 unspecified atom stereocenters. The monoisotopic (exact) mass is 198 g/mol. The third-order valence-corrected chi connectivity index (χ3v) is 3.14. The lowest BCUT2D eigenvalue weighted by Gasteiger charge is -2.24. The third kappa shape index (κ3) is 1.13. The predicted octanol–water partition coefficient (Wildman–Crippen LogP) is 1.03. The number of hydrogen-bond acceptors (Lipinski definition) is 4. The van der Waals surface area contributed by atoms with Crippen LogP contribution >= 0.6 is 0 Å². The summed E-state index contributed by atoms with van der Waals surface area (Å²) >= 11 is 0. The van der Waals surface area contributed by atoms with Crippen LogP contribution in [-0.2, 0) is 19.1 Å². The normalized spacial score (nSPS) is 40.7. The number of carbonyl (C=O) groups excluding carboxylic acids is 2. The zero-order valence-corrected chi connectivity index (χ0v) is 8.41. The summed E-state index contributed by atoms with van der Waals surface area (Å²) in [6, 6.07) is 0. The molecule has 3 atom stereocenters. The van der Waals surface area contributed by atoms with E-state index < -0.39 is 5.60 Å². The quantitative estimate of drug-likeness (QED) is 0.622.